The van der Waals surface area contributed by atoms with Crippen molar-refractivity contribution in [2.45, 2.75) is 45.6 Å². The Balaban J connectivity index is 2.16. The second-order valence-corrected chi connectivity index (χ2v) is 4.86. The van der Waals surface area contributed by atoms with E-state index in [1.807, 2.05) is 4.90 Å². The number of aromatic nitrogens is 1. The summed E-state index contributed by atoms with van der Waals surface area (Å²) >= 11 is 0. The molecule has 0 aromatic carbocycles. The summed E-state index contributed by atoms with van der Waals surface area (Å²) in [6.07, 6.45) is 3.90. The van der Waals surface area contributed by atoms with Crippen LogP contribution in [-0.2, 0) is 0 Å². The third-order valence-corrected chi connectivity index (χ3v) is 3.58. The van der Waals surface area contributed by atoms with Gasteiger partial charge in [0, 0.05) is 19.2 Å². The van der Waals surface area contributed by atoms with Gasteiger partial charge in [-0.2, -0.15) is 0 Å². The molecule has 5 heteroatoms. The van der Waals surface area contributed by atoms with Gasteiger partial charge in [-0.3, -0.25) is 4.79 Å². The lowest BCUT2D eigenvalue weighted by molar-refractivity contribution is 0.0560. The lowest BCUT2D eigenvalue weighted by Gasteiger charge is -2.37. The highest BCUT2D eigenvalue weighted by Crippen LogP contribution is 2.27. The van der Waals surface area contributed by atoms with E-state index in [9.17, 15) is 4.79 Å². The van der Waals surface area contributed by atoms with Crippen LogP contribution in [0.25, 0.3) is 0 Å². The van der Waals surface area contributed by atoms with Crippen LogP contribution in [0, 0.1) is 13.8 Å². The van der Waals surface area contributed by atoms with Gasteiger partial charge in [-0.15, -0.1) is 0 Å². The summed E-state index contributed by atoms with van der Waals surface area (Å²) in [5.41, 5.74) is 1.23. The minimum absolute atomic E-state index is 0.00981. The quantitative estimate of drug-likeness (QED) is 0.865. The summed E-state index contributed by atoms with van der Waals surface area (Å²) in [5, 5.41) is 12.8. The first-order valence-electron chi connectivity index (χ1n) is 6.50. The molecule has 5 nitrogen and oxygen atoms in total. The molecule has 1 heterocycles. The van der Waals surface area contributed by atoms with Gasteiger partial charge >= 0.3 is 0 Å². The number of amides is 1. The second-order valence-electron chi connectivity index (χ2n) is 4.86. The summed E-state index contributed by atoms with van der Waals surface area (Å²) in [6.45, 7) is 4.26. The number of aliphatic hydroxyl groups excluding tert-OH is 1. The molecule has 1 aliphatic carbocycles. The maximum atomic E-state index is 12.5. The predicted molar refractivity (Wildman–Crippen MR) is 66.4 cm³/mol. The lowest BCUT2D eigenvalue weighted by Crippen LogP contribution is -2.45. The van der Waals surface area contributed by atoms with E-state index < -0.39 is 0 Å². The number of aryl methyl sites for hydroxylation is 2. The largest absolute Gasteiger partial charge is 0.396 e. The zero-order valence-corrected chi connectivity index (χ0v) is 11.0. The Morgan fingerprint density at radius 3 is 2.67 bits per heavy atom. The van der Waals surface area contributed by atoms with Gasteiger partial charge in [0.25, 0.3) is 5.91 Å². The molecule has 0 radical (unpaired) electrons. The molecule has 1 N–H and O–H groups in total. The molecule has 1 amide bonds. The number of hydrogen-bond acceptors (Lipinski definition) is 4. The average molecular weight is 252 g/mol. The molecular weight excluding hydrogens is 232 g/mol. The van der Waals surface area contributed by atoms with Crippen molar-refractivity contribution in [1.29, 1.82) is 0 Å². The van der Waals surface area contributed by atoms with Crippen LogP contribution in [0.1, 0.15) is 47.5 Å². The molecule has 0 bridgehead atoms. The van der Waals surface area contributed by atoms with E-state index in [1.165, 1.54) is 6.42 Å². The highest BCUT2D eigenvalue weighted by atomic mass is 16.5. The highest BCUT2D eigenvalue weighted by molar-refractivity contribution is 5.96. The molecule has 1 aliphatic rings. The van der Waals surface area contributed by atoms with Crippen LogP contribution in [0.4, 0.5) is 0 Å². The van der Waals surface area contributed by atoms with Crippen LogP contribution in [0.2, 0.25) is 0 Å². The third kappa shape index (κ3) is 2.41. The van der Waals surface area contributed by atoms with Crippen LogP contribution < -0.4 is 0 Å². The molecule has 1 saturated carbocycles. The average Bonchev–Trinajstić information content (AvgIpc) is 2.61. The van der Waals surface area contributed by atoms with Crippen molar-refractivity contribution >= 4 is 5.91 Å². The number of carbonyl (C=O) groups excluding carboxylic acids is 1. The smallest absolute Gasteiger partial charge is 0.259 e. The van der Waals surface area contributed by atoms with Gasteiger partial charge in [0.15, 0.2) is 0 Å². The minimum Gasteiger partial charge on any atom is -0.396 e. The van der Waals surface area contributed by atoms with Gasteiger partial charge in [-0.1, -0.05) is 5.16 Å². The van der Waals surface area contributed by atoms with Gasteiger partial charge in [0.05, 0.1) is 5.69 Å². The number of hydrogen-bond donors (Lipinski definition) is 1. The Labute approximate surface area is 107 Å². The molecule has 0 unspecified atom stereocenters. The number of carbonyl (C=O) groups is 1. The number of rotatable bonds is 5. The maximum absolute atomic E-state index is 12.5. The van der Waals surface area contributed by atoms with Gasteiger partial charge in [0.1, 0.15) is 11.3 Å². The fourth-order valence-corrected chi connectivity index (χ4v) is 2.32. The predicted octanol–water partition coefficient (Wildman–Crippen LogP) is 1.67. The third-order valence-electron chi connectivity index (χ3n) is 3.58. The SMILES string of the molecule is Cc1noc(C)c1C(=O)N(CCCO)C1CCC1. The van der Waals surface area contributed by atoms with E-state index in [4.69, 9.17) is 9.63 Å². The molecular formula is C13H20N2O3. The van der Waals surface area contributed by atoms with E-state index in [0.29, 0.717) is 36.0 Å². The molecule has 2 rings (SSSR count). The summed E-state index contributed by atoms with van der Waals surface area (Å²) in [4.78, 5) is 14.4. The fourth-order valence-electron chi connectivity index (χ4n) is 2.32. The van der Waals surface area contributed by atoms with Gasteiger partial charge in [0.2, 0.25) is 0 Å². The molecule has 0 saturated heterocycles. The molecule has 100 valence electrons. The molecule has 1 aromatic rings. The second kappa shape index (κ2) is 5.52. The monoisotopic (exact) mass is 252 g/mol. The molecule has 0 spiro atoms. The van der Waals surface area contributed by atoms with Crippen molar-refractivity contribution in [3.63, 3.8) is 0 Å². The molecule has 18 heavy (non-hydrogen) atoms. The van der Waals surface area contributed by atoms with E-state index in [-0.39, 0.29) is 12.5 Å². The van der Waals surface area contributed by atoms with E-state index in [1.54, 1.807) is 13.8 Å². The number of aliphatic hydroxyl groups is 1. The van der Waals surface area contributed by atoms with Gasteiger partial charge in [-0.05, 0) is 39.5 Å². The first-order valence-corrected chi connectivity index (χ1v) is 6.50. The highest BCUT2D eigenvalue weighted by Gasteiger charge is 2.31. The van der Waals surface area contributed by atoms with Crippen molar-refractivity contribution in [1.82, 2.24) is 10.1 Å². The minimum atomic E-state index is -0.00981. The zero-order valence-electron chi connectivity index (χ0n) is 11.0. The Kier molecular flexibility index (Phi) is 4.01. The summed E-state index contributed by atoms with van der Waals surface area (Å²) in [6, 6.07) is 0.317. The Bertz CT molecular complexity index is 404. The first kappa shape index (κ1) is 13.1. The summed E-state index contributed by atoms with van der Waals surface area (Å²) < 4.78 is 5.06. The normalized spacial score (nSPS) is 15.5. The van der Waals surface area contributed by atoms with E-state index in [0.717, 1.165) is 12.8 Å². The van der Waals surface area contributed by atoms with Crippen LogP contribution in [0.5, 0.6) is 0 Å². The van der Waals surface area contributed by atoms with Crippen LogP contribution in [0.3, 0.4) is 0 Å². The van der Waals surface area contributed by atoms with E-state index in [2.05, 4.69) is 5.16 Å². The molecule has 1 aromatic heterocycles. The Morgan fingerprint density at radius 2 is 2.22 bits per heavy atom. The maximum Gasteiger partial charge on any atom is 0.259 e. The van der Waals surface area contributed by atoms with Crippen LogP contribution in [0.15, 0.2) is 4.52 Å². The Morgan fingerprint density at radius 1 is 1.50 bits per heavy atom. The van der Waals surface area contributed by atoms with Crippen molar-refractivity contribution in [2.24, 2.45) is 0 Å². The van der Waals surface area contributed by atoms with Crippen molar-refractivity contribution in [3.8, 4) is 0 Å². The zero-order chi connectivity index (χ0) is 13.1. The van der Waals surface area contributed by atoms with E-state index >= 15 is 0 Å². The van der Waals surface area contributed by atoms with Crippen molar-refractivity contribution in [3.05, 3.63) is 17.0 Å². The fraction of sp³-hybridized carbons (Fsp3) is 0.692. The molecule has 1 fully saturated rings. The Hall–Kier alpha value is -1.36. The summed E-state index contributed by atoms with van der Waals surface area (Å²) in [7, 11) is 0. The standard InChI is InChI=1S/C13H20N2O3/c1-9-12(10(2)18-14-9)13(17)15(7-4-8-16)11-5-3-6-11/h11,16H,3-8H2,1-2H3. The summed E-state index contributed by atoms with van der Waals surface area (Å²) in [5.74, 6) is 0.565. The van der Waals surface area contributed by atoms with Crippen molar-refractivity contribution < 1.29 is 14.4 Å². The number of nitrogens with zero attached hydrogens (tertiary/aromatic N) is 2. The van der Waals surface area contributed by atoms with Gasteiger partial charge in [-0.25, -0.2) is 0 Å². The molecule has 0 aliphatic heterocycles. The van der Waals surface area contributed by atoms with Crippen LogP contribution >= 0.6 is 0 Å². The van der Waals surface area contributed by atoms with Gasteiger partial charge < -0.3 is 14.5 Å². The van der Waals surface area contributed by atoms with Crippen molar-refractivity contribution in [2.75, 3.05) is 13.2 Å². The topological polar surface area (TPSA) is 66.6 Å². The lowest BCUT2D eigenvalue weighted by atomic mass is 9.90. The first-order chi connectivity index (χ1) is 8.65. The molecule has 0 atom stereocenters. The van der Waals surface area contributed by atoms with Crippen LogP contribution in [-0.4, -0.2) is 40.3 Å².